The Morgan fingerprint density at radius 2 is 1.48 bits per heavy atom. The van der Waals surface area contributed by atoms with Gasteiger partial charge in [-0.15, -0.1) is 0 Å². The van der Waals surface area contributed by atoms with E-state index in [4.69, 9.17) is 9.40 Å². The molecule has 2 saturated heterocycles. The number of oxazole rings is 1. The molecule has 2 aliphatic rings. The van der Waals surface area contributed by atoms with E-state index < -0.39 is 17.8 Å². The fourth-order valence-corrected chi connectivity index (χ4v) is 7.28. The number of hydrogen-bond acceptors (Lipinski definition) is 6. The van der Waals surface area contributed by atoms with E-state index in [0.717, 1.165) is 46.4 Å². The molecule has 10 nitrogen and oxygen atoms in total. The molecule has 2 aromatic heterocycles. The summed E-state index contributed by atoms with van der Waals surface area (Å²) in [6.45, 7) is 1.18. The number of carbonyl (C=O) groups excluding carboxylic acids is 3. The summed E-state index contributed by atoms with van der Waals surface area (Å²) in [5, 5.41) is 2.68. The number of benzene rings is 4. The highest BCUT2D eigenvalue weighted by Gasteiger charge is 2.35. The van der Waals surface area contributed by atoms with E-state index in [2.05, 4.69) is 15.3 Å². The average Bonchev–Trinajstić information content (AvgIpc) is 3.99. The standard InChI is InChI=1S/C41H37FN6O4/c42-30-23-29(16-17-31(30)46-40(51)35-14-8-20-48(35)38(50)22-27-11-5-2-6-12-27)41-43-25-36(52-41)28-15-18-32-33(24-28)45-39(44-32)34-13-7-19-47(34)37(49)21-26-9-3-1-4-10-26/h1-6,9-12,15-18,23-25,34-35H,7-8,13-14,19-22H2,(H,44,45)(H,46,51)/t34-,35-/m0/s1. The highest BCUT2D eigenvalue weighted by Crippen LogP contribution is 2.34. The van der Waals surface area contributed by atoms with Gasteiger partial charge < -0.3 is 24.5 Å². The largest absolute Gasteiger partial charge is 0.436 e. The molecule has 4 aromatic carbocycles. The summed E-state index contributed by atoms with van der Waals surface area (Å²) in [4.78, 5) is 55.6. The molecule has 11 heteroatoms. The van der Waals surface area contributed by atoms with Gasteiger partial charge in [0.2, 0.25) is 23.6 Å². The number of aromatic nitrogens is 3. The molecule has 2 N–H and O–H groups in total. The lowest BCUT2D eigenvalue weighted by molar-refractivity contribution is -0.136. The van der Waals surface area contributed by atoms with Gasteiger partial charge in [0, 0.05) is 24.2 Å². The van der Waals surface area contributed by atoms with Gasteiger partial charge in [-0.25, -0.2) is 14.4 Å². The molecule has 52 heavy (non-hydrogen) atoms. The van der Waals surface area contributed by atoms with E-state index in [1.807, 2.05) is 83.8 Å². The van der Waals surface area contributed by atoms with Crippen LogP contribution in [-0.2, 0) is 27.2 Å². The first-order valence-corrected chi connectivity index (χ1v) is 17.6. The van der Waals surface area contributed by atoms with Crippen LogP contribution in [0.15, 0.2) is 108 Å². The number of hydrogen-bond donors (Lipinski definition) is 2. The first-order chi connectivity index (χ1) is 25.4. The molecule has 0 bridgehead atoms. The van der Waals surface area contributed by atoms with Crippen molar-refractivity contribution in [2.75, 3.05) is 18.4 Å². The number of carbonyl (C=O) groups is 3. The van der Waals surface area contributed by atoms with Gasteiger partial charge in [-0.1, -0.05) is 60.7 Å². The average molecular weight is 697 g/mol. The third-order valence-electron chi connectivity index (χ3n) is 9.93. The van der Waals surface area contributed by atoms with Crippen LogP contribution in [0.5, 0.6) is 0 Å². The molecule has 3 amide bonds. The van der Waals surface area contributed by atoms with Crippen LogP contribution in [0, 0.1) is 5.82 Å². The molecule has 4 heterocycles. The normalized spacial score (nSPS) is 17.2. The number of halogens is 1. The summed E-state index contributed by atoms with van der Waals surface area (Å²) in [6, 6.07) is 28.5. The lowest BCUT2D eigenvalue weighted by Crippen LogP contribution is -2.43. The molecule has 6 aromatic rings. The Hall–Kier alpha value is -6.10. The maximum atomic E-state index is 15.3. The Labute approximate surface area is 299 Å². The van der Waals surface area contributed by atoms with Crippen LogP contribution in [0.3, 0.4) is 0 Å². The van der Waals surface area contributed by atoms with Gasteiger partial charge in [0.05, 0.1) is 41.8 Å². The van der Waals surface area contributed by atoms with Crippen molar-refractivity contribution < 1.29 is 23.2 Å². The number of nitrogens with one attached hydrogen (secondary N) is 2. The lowest BCUT2D eigenvalue weighted by atomic mass is 10.1. The highest BCUT2D eigenvalue weighted by molar-refractivity contribution is 5.98. The quantitative estimate of drug-likeness (QED) is 0.166. The number of nitrogens with zero attached hydrogens (tertiary/aromatic N) is 4. The van der Waals surface area contributed by atoms with Gasteiger partial charge in [0.15, 0.2) is 5.76 Å². The number of fused-ring (bicyclic) bond motifs is 1. The molecule has 0 aliphatic carbocycles. The topological polar surface area (TPSA) is 124 Å². The Balaban J connectivity index is 0.933. The summed E-state index contributed by atoms with van der Waals surface area (Å²) in [6.07, 6.45) is 5.13. The van der Waals surface area contributed by atoms with Crippen LogP contribution >= 0.6 is 0 Å². The molecule has 0 radical (unpaired) electrons. The molecule has 0 saturated carbocycles. The van der Waals surface area contributed by atoms with Gasteiger partial charge in [-0.3, -0.25) is 14.4 Å². The number of imidazole rings is 1. The van der Waals surface area contributed by atoms with Crippen molar-refractivity contribution in [2.24, 2.45) is 0 Å². The molecule has 2 atom stereocenters. The van der Waals surface area contributed by atoms with Gasteiger partial charge in [-0.2, -0.15) is 0 Å². The lowest BCUT2D eigenvalue weighted by Gasteiger charge is -2.24. The smallest absolute Gasteiger partial charge is 0.247 e. The van der Waals surface area contributed by atoms with E-state index in [0.29, 0.717) is 43.7 Å². The van der Waals surface area contributed by atoms with E-state index in [1.54, 1.807) is 17.2 Å². The van der Waals surface area contributed by atoms with Gasteiger partial charge >= 0.3 is 0 Å². The molecular weight excluding hydrogens is 659 g/mol. The highest BCUT2D eigenvalue weighted by atomic mass is 19.1. The van der Waals surface area contributed by atoms with E-state index in [-0.39, 0.29) is 35.9 Å². The van der Waals surface area contributed by atoms with Crippen LogP contribution in [0.1, 0.15) is 48.7 Å². The second kappa shape index (κ2) is 14.3. The zero-order valence-corrected chi connectivity index (χ0v) is 28.4. The predicted molar refractivity (Wildman–Crippen MR) is 194 cm³/mol. The van der Waals surface area contributed by atoms with E-state index in [1.165, 1.54) is 12.1 Å². The number of H-pyrrole nitrogens is 1. The Morgan fingerprint density at radius 3 is 2.21 bits per heavy atom. The monoisotopic (exact) mass is 696 g/mol. The molecule has 0 unspecified atom stereocenters. The third kappa shape index (κ3) is 6.81. The summed E-state index contributed by atoms with van der Waals surface area (Å²) < 4.78 is 21.4. The van der Waals surface area contributed by atoms with Crippen molar-refractivity contribution in [1.29, 1.82) is 0 Å². The minimum Gasteiger partial charge on any atom is -0.436 e. The fourth-order valence-electron chi connectivity index (χ4n) is 7.28. The second-order valence-corrected chi connectivity index (χ2v) is 13.4. The summed E-state index contributed by atoms with van der Waals surface area (Å²) in [7, 11) is 0. The van der Waals surface area contributed by atoms with Crippen LogP contribution in [0.2, 0.25) is 0 Å². The van der Waals surface area contributed by atoms with Gasteiger partial charge in [0.25, 0.3) is 0 Å². The SMILES string of the molecule is O=C(Nc1ccc(-c2ncc(-c3ccc4nc([C@@H]5CCCN5C(=O)Cc5ccccc5)[nH]c4c3)o2)cc1F)[C@@H]1CCCN1C(=O)Cc1ccccc1. The Morgan fingerprint density at radius 1 is 0.808 bits per heavy atom. The van der Waals surface area contributed by atoms with Crippen LogP contribution in [0.4, 0.5) is 10.1 Å². The van der Waals surface area contributed by atoms with Crippen LogP contribution in [0.25, 0.3) is 33.8 Å². The Kier molecular flexibility index (Phi) is 9.07. The van der Waals surface area contributed by atoms with Crippen molar-refractivity contribution >= 4 is 34.4 Å². The molecular formula is C41H37FN6O4. The van der Waals surface area contributed by atoms with Crippen molar-refractivity contribution in [3.63, 3.8) is 0 Å². The van der Waals surface area contributed by atoms with Crippen molar-refractivity contribution in [3.05, 3.63) is 126 Å². The van der Waals surface area contributed by atoms with Crippen LogP contribution in [-0.4, -0.2) is 61.6 Å². The zero-order valence-electron chi connectivity index (χ0n) is 28.4. The molecule has 2 fully saturated rings. The number of likely N-dealkylation sites (tertiary alicyclic amines) is 2. The van der Waals surface area contributed by atoms with E-state index >= 15 is 4.39 Å². The minimum atomic E-state index is -0.660. The third-order valence-corrected chi connectivity index (χ3v) is 9.93. The molecule has 0 spiro atoms. The van der Waals surface area contributed by atoms with Gasteiger partial charge in [0.1, 0.15) is 17.7 Å². The Bertz CT molecular complexity index is 2250. The number of amides is 3. The number of aromatic amines is 1. The number of rotatable bonds is 9. The van der Waals surface area contributed by atoms with Gasteiger partial charge in [-0.05, 0) is 73.2 Å². The maximum absolute atomic E-state index is 15.3. The molecule has 8 rings (SSSR count). The molecule has 2 aliphatic heterocycles. The summed E-state index contributed by atoms with van der Waals surface area (Å²) >= 11 is 0. The predicted octanol–water partition coefficient (Wildman–Crippen LogP) is 7.10. The fraction of sp³-hybridized carbons (Fsp3) is 0.244. The second-order valence-electron chi connectivity index (χ2n) is 13.4. The van der Waals surface area contributed by atoms with Crippen LogP contribution < -0.4 is 5.32 Å². The first kappa shape index (κ1) is 33.1. The minimum absolute atomic E-state index is 0.0194. The maximum Gasteiger partial charge on any atom is 0.247 e. The van der Waals surface area contributed by atoms with E-state index in [9.17, 15) is 14.4 Å². The van der Waals surface area contributed by atoms with Crippen molar-refractivity contribution in [1.82, 2.24) is 24.8 Å². The summed E-state index contributed by atoms with van der Waals surface area (Å²) in [5.41, 5.74) is 4.65. The van der Waals surface area contributed by atoms with Crippen molar-refractivity contribution in [3.8, 4) is 22.8 Å². The summed E-state index contributed by atoms with van der Waals surface area (Å²) in [5.74, 6) is 0.380. The number of anilines is 1. The first-order valence-electron chi connectivity index (χ1n) is 17.6. The molecule has 262 valence electrons. The van der Waals surface area contributed by atoms with Crippen molar-refractivity contribution in [2.45, 2.75) is 50.6 Å². The zero-order chi connectivity index (χ0) is 35.6.